The van der Waals surface area contributed by atoms with Crippen molar-refractivity contribution >= 4 is 0 Å². The zero-order chi connectivity index (χ0) is 13.8. The van der Waals surface area contributed by atoms with Gasteiger partial charge in [-0.3, -0.25) is 0 Å². The van der Waals surface area contributed by atoms with Gasteiger partial charge in [0, 0.05) is 17.5 Å². The average molecular weight is 267 g/mol. The molecule has 0 spiro atoms. The minimum absolute atomic E-state index is 0.103. The molecule has 1 saturated carbocycles. The molecule has 1 aliphatic carbocycles. The first-order valence-corrected chi connectivity index (χ1v) is 7.37. The Morgan fingerprint density at radius 3 is 2.25 bits per heavy atom. The molecule has 2 aromatic carbocycles. The van der Waals surface area contributed by atoms with Crippen LogP contribution in [-0.2, 0) is 5.41 Å². The first kappa shape index (κ1) is 13.2. The fourth-order valence-electron chi connectivity index (χ4n) is 3.24. The summed E-state index contributed by atoms with van der Waals surface area (Å²) in [5.41, 5.74) is 7.48. The van der Waals surface area contributed by atoms with Gasteiger partial charge in [0.2, 0.25) is 0 Å². The second kappa shape index (κ2) is 5.68. The fraction of sp³-hybridized carbons (Fsp3) is 0.333. The van der Waals surface area contributed by atoms with E-state index in [-0.39, 0.29) is 5.41 Å². The number of para-hydroxylation sites is 2. The molecule has 0 aliphatic heterocycles. The molecule has 0 atom stereocenters. The van der Waals surface area contributed by atoms with Crippen molar-refractivity contribution < 1.29 is 4.74 Å². The van der Waals surface area contributed by atoms with Crippen LogP contribution in [0.5, 0.6) is 11.5 Å². The van der Waals surface area contributed by atoms with Crippen molar-refractivity contribution in [3.8, 4) is 11.5 Å². The van der Waals surface area contributed by atoms with Crippen LogP contribution in [0.1, 0.15) is 31.2 Å². The minimum Gasteiger partial charge on any atom is -0.457 e. The number of nitrogens with two attached hydrogens (primary N) is 1. The third-order valence-electron chi connectivity index (χ3n) is 4.38. The maximum absolute atomic E-state index is 6.11. The van der Waals surface area contributed by atoms with E-state index >= 15 is 0 Å². The van der Waals surface area contributed by atoms with E-state index in [1.165, 1.54) is 31.2 Å². The summed E-state index contributed by atoms with van der Waals surface area (Å²) in [6.45, 7) is 0.697. The standard InChI is InChI=1S/C18H21NO/c19-14-18(12-6-7-13-18)16-10-4-5-11-17(16)20-15-8-2-1-3-9-15/h1-5,8-11H,6-7,12-14,19H2. The molecule has 2 heteroatoms. The molecular weight excluding hydrogens is 246 g/mol. The molecule has 20 heavy (non-hydrogen) atoms. The average Bonchev–Trinajstić information content (AvgIpc) is 2.99. The molecule has 2 aromatic rings. The molecule has 0 aromatic heterocycles. The highest BCUT2D eigenvalue weighted by atomic mass is 16.5. The van der Waals surface area contributed by atoms with Crippen molar-refractivity contribution in [2.24, 2.45) is 5.73 Å². The molecule has 1 aliphatic rings. The highest BCUT2D eigenvalue weighted by Gasteiger charge is 2.36. The molecule has 2 nitrogen and oxygen atoms in total. The van der Waals surface area contributed by atoms with E-state index < -0.39 is 0 Å². The van der Waals surface area contributed by atoms with Crippen LogP contribution in [0, 0.1) is 0 Å². The van der Waals surface area contributed by atoms with Crippen molar-refractivity contribution in [2.45, 2.75) is 31.1 Å². The molecule has 0 saturated heterocycles. The molecule has 3 rings (SSSR count). The van der Waals surface area contributed by atoms with Gasteiger partial charge >= 0.3 is 0 Å². The van der Waals surface area contributed by atoms with Crippen molar-refractivity contribution in [1.29, 1.82) is 0 Å². The van der Waals surface area contributed by atoms with Crippen LogP contribution >= 0.6 is 0 Å². The van der Waals surface area contributed by atoms with Gasteiger partial charge in [0.15, 0.2) is 0 Å². The van der Waals surface area contributed by atoms with E-state index in [0.717, 1.165) is 11.5 Å². The van der Waals surface area contributed by atoms with Crippen LogP contribution < -0.4 is 10.5 Å². The SMILES string of the molecule is NCC1(c2ccccc2Oc2ccccc2)CCCC1. The number of benzene rings is 2. The molecule has 0 radical (unpaired) electrons. The highest BCUT2D eigenvalue weighted by molar-refractivity contribution is 5.43. The smallest absolute Gasteiger partial charge is 0.131 e. The first-order chi connectivity index (χ1) is 9.84. The van der Waals surface area contributed by atoms with Gasteiger partial charge in [0.1, 0.15) is 11.5 Å². The molecule has 0 amide bonds. The highest BCUT2D eigenvalue weighted by Crippen LogP contribution is 2.44. The Morgan fingerprint density at radius 2 is 1.55 bits per heavy atom. The Balaban J connectivity index is 1.96. The van der Waals surface area contributed by atoms with Crippen LogP contribution in [0.4, 0.5) is 0 Å². The van der Waals surface area contributed by atoms with Crippen molar-refractivity contribution in [3.63, 3.8) is 0 Å². The first-order valence-electron chi connectivity index (χ1n) is 7.37. The Kier molecular flexibility index (Phi) is 3.75. The Morgan fingerprint density at radius 1 is 0.900 bits per heavy atom. The van der Waals surface area contributed by atoms with Crippen LogP contribution in [-0.4, -0.2) is 6.54 Å². The second-order valence-electron chi connectivity index (χ2n) is 5.60. The van der Waals surface area contributed by atoms with Gasteiger partial charge in [0.25, 0.3) is 0 Å². The van der Waals surface area contributed by atoms with E-state index in [0.29, 0.717) is 6.54 Å². The lowest BCUT2D eigenvalue weighted by Gasteiger charge is -2.29. The number of ether oxygens (including phenoxy) is 1. The molecule has 0 heterocycles. The van der Waals surface area contributed by atoms with Gasteiger partial charge in [-0.1, -0.05) is 49.2 Å². The lowest BCUT2D eigenvalue weighted by molar-refractivity contribution is 0.412. The topological polar surface area (TPSA) is 35.2 Å². The summed E-state index contributed by atoms with van der Waals surface area (Å²) >= 11 is 0. The van der Waals surface area contributed by atoms with Crippen LogP contribution in [0.15, 0.2) is 54.6 Å². The number of hydrogen-bond acceptors (Lipinski definition) is 2. The van der Waals surface area contributed by atoms with Crippen LogP contribution in [0.2, 0.25) is 0 Å². The lowest BCUT2D eigenvalue weighted by atomic mass is 9.78. The van der Waals surface area contributed by atoms with E-state index in [1.54, 1.807) is 0 Å². The maximum Gasteiger partial charge on any atom is 0.131 e. The van der Waals surface area contributed by atoms with E-state index in [4.69, 9.17) is 10.5 Å². The third-order valence-corrected chi connectivity index (χ3v) is 4.38. The summed E-state index contributed by atoms with van der Waals surface area (Å²) in [6.07, 6.45) is 4.85. The van der Waals surface area contributed by atoms with Gasteiger partial charge in [0.05, 0.1) is 0 Å². The van der Waals surface area contributed by atoms with E-state index in [2.05, 4.69) is 18.2 Å². The second-order valence-corrected chi connectivity index (χ2v) is 5.60. The van der Waals surface area contributed by atoms with Crippen molar-refractivity contribution in [1.82, 2.24) is 0 Å². The number of rotatable bonds is 4. The van der Waals surface area contributed by atoms with Gasteiger partial charge in [-0.25, -0.2) is 0 Å². The Labute approximate surface area is 120 Å². The van der Waals surface area contributed by atoms with Crippen LogP contribution in [0.3, 0.4) is 0 Å². The van der Waals surface area contributed by atoms with Crippen molar-refractivity contribution in [3.05, 3.63) is 60.2 Å². The summed E-state index contributed by atoms with van der Waals surface area (Å²) in [5.74, 6) is 1.83. The molecular formula is C18H21NO. The van der Waals surface area contributed by atoms with Gasteiger partial charge in [-0.15, -0.1) is 0 Å². The summed E-state index contributed by atoms with van der Waals surface area (Å²) in [6, 6.07) is 18.3. The zero-order valence-electron chi connectivity index (χ0n) is 11.7. The largest absolute Gasteiger partial charge is 0.457 e. The summed E-state index contributed by atoms with van der Waals surface area (Å²) < 4.78 is 6.09. The Bertz CT molecular complexity index is 559. The zero-order valence-corrected chi connectivity index (χ0v) is 11.7. The quantitative estimate of drug-likeness (QED) is 0.898. The third kappa shape index (κ3) is 2.44. The predicted octanol–water partition coefficient (Wildman–Crippen LogP) is 4.25. The molecule has 2 N–H and O–H groups in total. The fourth-order valence-corrected chi connectivity index (χ4v) is 3.24. The maximum atomic E-state index is 6.11. The van der Waals surface area contributed by atoms with Crippen LogP contribution in [0.25, 0.3) is 0 Å². The van der Waals surface area contributed by atoms with Gasteiger partial charge in [-0.2, -0.15) is 0 Å². The monoisotopic (exact) mass is 267 g/mol. The van der Waals surface area contributed by atoms with Gasteiger partial charge in [-0.05, 0) is 31.0 Å². The molecule has 0 unspecified atom stereocenters. The lowest BCUT2D eigenvalue weighted by Crippen LogP contribution is -2.32. The van der Waals surface area contributed by atoms with E-state index in [9.17, 15) is 0 Å². The minimum atomic E-state index is 0.103. The summed E-state index contributed by atoms with van der Waals surface area (Å²) in [7, 11) is 0. The van der Waals surface area contributed by atoms with Crippen molar-refractivity contribution in [2.75, 3.05) is 6.54 Å². The Hall–Kier alpha value is -1.80. The summed E-state index contributed by atoms with van der Waals surface area (Å²) in [5, 5.41) is 0. The predicted molar refractivity (Wildman–Crippen MR) is 82.2 cm³/mol. The summed E-state index contributed by atoms with van der Waals surface area (Å²) in [4.78, 5) is 0. The molecule has 0 bridgehead atoms. The number of hydrogen-bond donors (Lipinski definition) is 1. The molecule has 1 fully saturated rings. The normalized spacial score (nSPS) is 17.1. The van der Waals surface area contributed by atoms with E-state index in [1.807, 2.05) is 36.4 Å². The van der Waals surface area contributed by atoms with Gasteiger partial charge < -0.3 is 10.5 Å². The molecule has 104 valence electrons.